The average molecular weight is 382 g/mol. The van der Waals surface area contributed by atoms with Gasteiger partial charge in [-0.1, -0.05) is 0 Å². The predicted octanol–water partition coefficient (Wildman–Crippen LogP) is 2.96. The highest BCUT2D eigenvalue weighted by atomic mass is 79.9. The summed E-state index contributed by atoms with van der Waals surface area (Å²) in [6, 6.07) is 3.45. The molecule has 0 saturated carbocycles. The summed E-state index contributed by atoms with van der Waals surface area (Å²) in [5, 5.41) is 9.83. The fourth-order valence-electron chi connectivity index (χ4n) is 3.39. The molecule has 0 bridgehead atoms. The molecule has 1 unspecified atom stereocenters. The maximum Gasteiger partial charge on any atom is 0.247 e. The van der Waals surface area contributed by atoms with Crippen LogP contribution >= 0.6 is 15.9 Å². The highest BCUT2D eigenvalue weighted by Gasteiger charge is 2.45. The fraction of sp³-hybridized carbons (Fsp3) is 0.471. The molecule has 124 valence electrons. The van der Waals surface area contributed by atoms with Crippen molar-refractivity contribution in [3.63, 3.8) is 0 Å². The van der Waals surface area contributed by atoms with Gasteiger partial charge in [0.05, 0.1) is 23.7 Å². The first-order valence-corrected chi connectivity index (χ1v) is 8.49. The first-order chi connectivity index (χ1) is 11.1. The molecule has 1 spiro atoms. The van der Waals surface area contributed by atoms with Crippen molar-refractivity contribution in [1.29, 1.82) is 0 Å². The monoisotopic (exact) mass is 381 g/mol. The molecule has 2 fully saturated rings. The van der Waals surface area contributed by atoms with Gasteiger partial charge in [-0.15, -0.1) is 0 Å². The van der Waals surface area contributed by atoms with E-state index in [4.69, 9.17) is 9.47 Å². The third kappa shape index (κ3) is 3.10. The van der Waals surface area contributed by atoms with Gasteiger partial charge in [0, 0.05) is 19.2 Å². The van der Waals surface area contributed by atoms with E-state index in [1.165, 1.54) is 7.11 Å². The first-order valence-electron chi connectivity index (χ1n) is 7.70. The van der Waals surface area contributed by atoms with E-state index in [1.807, 2.05) is 4.90 Å². The van der Waals surface area contributed by atoms with Gasteiger partial charge in [0.1, 0.15) is 0 Å². The Kier molecular flexibility index (Phi) is 4.64. The van der Waals surface area contributed by atoms with Gasteiger partial charge >= 0.3 is 0 Å². The van der Waals surface area contributed by atoms with Crippen molar-refractivity contribution in [2.45, 2.75) is 24.8 Å². The molecular weight excluding hydrogens is 362 g/mol. The lowest BCUT2D eigenvalue weighted by atomic mass is 9.95. The van der Waals surface area contributed by atoms with E-state index in [2.05, 4.69) is 15.9 Å². The lowest BCUT2D eigenvalue weighted by molar-refractivity contribution is -0.130. The number of halogens is 1. The second-order valence-corrected chi connectivity index (χ2v) is 6.86. The van der Waals surface area contributed by atoms with Crippen molar-refractivity contribution >= 4 is 27.9 Å². The van der Waals surface area contributed by atoms with Crippen LogP contribution in [0.25, 0.3) is 6.08 Å². The van der Waals surface area contributed by atoms with Gasteiger partial charge in [0.2, 0.25) is 5.91 Å². The Morgan fingerprint density at radius 3 is 3.00 bits per heavy atom. The normalized spacial score (nSPS) is 24.0. The minimum atomic E-state index is -0.103. The molecule has 5 nitrogen and oxygen atoms in total. The van der Waals surface area contributed by atoms with Crippen molar-refractivity contribution in [3.05, 3.63) is 28.2 Å². The molecule has 1 aromatic rings. The maximum absolute atomic E-state index is 12.6. The van der Waals surface area contributed by atoms with Gasteiger partial charge in [-0.3, -0.25) is 4.79 Å². The second kappa shape index (κ2) is 6.53. The minimum absolute atomic E-state index is 0.0103. The Labute approximate surface area is 144 Å². The van der Waals surface area contributed by atoms with Crippen molar-refractivity contribution in [2.24, 2.45) is 0 Å². The number of ether oxygens (including phenoxy) is 2. The molecule has 6 heteroatoms. The number of amides is 1. The number of methoxy groups -OCH3 is 1. The third-order valence-electron chi connectivity index (χ3n) is 4.63. The van der Waals surface area contributed by atoms with E-state index in [9.17, 15) is 9.90 Å². The molecule has 2 saturated heterocycles. The van der Waals surface area contributed by atoms with Crippen molar-refractivity contribution < 1.29 is 19.4 Å². The summed E-state index contributed by atoms with van der Waals surface area (Å²) in [7, 11) is 1.49. The zero-order valence-corrected chi connectivity index (χ0v) is 14.6. The molecule has 1 amide bonds. The maximum atomic E-state index is 12.6. The summed E-state index contributed by atoms with van der Waals surface area (Å²) in [5.74, 6) is 0.432. The summed E-state index contributed by atoms with van der Waals surface area (Å²) < 4.78 is 11.2. The Hall–Kier alpha value is -1.53. The van der Waals surface area contributed by atoms with E-state index >= 15 is 0 Å². The first kappa shape index (κ1) is 16.3. The summed E-state index contributed by atoms with van der Waals surface area (Å²) in [6.07, 6.45) is 6.30. The van der Waals surface area contributed by atoms with Crippen LogP contribution in [0.5, 0.6) is 11.5 Å². The molecule has 23 heavy (non-hydrogen) atoms. The summed E-state index contributed by atoms with van der Waals surface area (Å²) in [5.41, 5.74) is 0.685. The van der Waals surface area contributed by atoms with Crippen LogP contribution in [0.2, 0.25) is 0 Å². The van der Waals surface area contributed by atoms with Crippen LogP contribution in [-0.4, -0.2) is 48.3 Å². The number of likely N-dealkylation sites (tertiary alicyclic amines) is 1. The second-order valence-electron chi connectivity index (χ2n) is 6.01. The molecular formula is C17H20BrNO4. The van der Waals surface area contributed by atoms with Gasteiger partial charge in [-0.05, 0) is 59.0 Å². The number of hydrogen-bond acceptors (Lipinski definition) is 4. The van der Waals surface area contributed by atoms with Crippen LogP contribution < -0.4 is 4.74 Å². The highest BCUT2D eigenvalue weighted by Crippen LogP contribution is 2.37. The lowest BCUT2D eigenvalue weighted by Gasteiger charge is -2.32. The molecule has 2 aliphatic heterocycles. The van der Waals surface area contributed by atoms with Gasteiger partial charge in [-0.2, -0.15) is 0 Å². The Morgan fingerprint density at radius 2 is 2.30 bits per heavy atom. The number of hydrogen-bond donors (Lipinski definition) is 1. The molecule has 2 aliphatic rings. The van der Waals surface area contributed by atoms with Crippen molar-refractivity contribution in [2.75, 3.05) is 26.9 Å². The Bertz CT molecular complexity index is 632. The van der Waals surface area contributed by atoms with Crippen LogP contribution in [0, 0.1) is 0 Å². The smallest absolute Gasteiger partial charge is 0.247 e. The SMILES string of the molecule is COc1cc(/C=C/C(=O)N2CCCC23CCOC3)cc(Br)c1O. The molecule has 3 rings (SSSR count). The van der Waals surface area contributed by atoms with Crippen molar-refractivity contribution in [3.8, 4) is 11.5 Å². The van der Waals surface area contributed by atoms with Crippen LogP contribution in [0.4, 0.5) is 0 Å². The molecule has 1 atom stereocenters. The van der Waals surface area contributed by atoms with Gasteiger partial charge in [0.25, 0.3) is 0 Å². The average Bonchev–Trinajstić information content (AvgIpc) is 3.18. The zero-order chi connectivity index (χ0) is 16.4. The number of phenols is 1. The number of carbonyl (C=O) groups excluding carboxylic acids is 1. The quantitative estimate of drug-likeness (QED) is 0.817. The number of phenolic OH excluding ortho intramolecular Hbond substituents is 1. The summed E-state index contributed by atoms with van der Waals surface area (Å²) in [4.78, 5) is 14.5. The van der Waals surface area contributed by atoms with Crippen LogP contribution in [0.3, 0.4) is 0 Å². The van der Waals surface area contributed by atoms with E-state index < -0.39 is 0 Å². The predicted molar refractivity (Wildman–Crippen MR) is 90.5 cm³/mol. The summed E-state index contributed by atoms with van der Waals surface area (Å²) >= 11 is 3.28. The molecule has 1 aromatic carbocycles. The van der Waals surface area contributed by atoms with Crippen LogP contribution in [0.15, 0.2) is 22.7 Å². The summed E-state index contributed by atoms with van der Waals surface area (Å²) in [6.45, 7) is 2.16. The third-order valence-corrected chi connectivity index (χ3v) is 5.24. The number of nitrogens with zero attached hydrogens (tertiary/aromatic N) is 1. The topological polar surface area (TPSA) is 59.0 Å². The van der Waals surface area contributed by atoms with Gasteiger partial charge in [-0.25, -0.2) is 0 Å². The molecule has 0 aromatic heterocycles. The van der Waals surface area contributed by atoms with Crippen LogP contribution in [0.1, 0.15) is 24.8 Å². The van der Waals surface area contributed by atoms with Crippen LogP contribution in [-0.2, 0) is 9.53 Å². The molecule has 1 N–H and O–H groups in total. The standard InChI is InChI=1S/C17H20BrNO4/c1-22-14-10-12(9-13(18)16(14)21)3-4-15(20)19-7-2-5-17(19)6-8-23-11-17/h3-4,9-10,21H,2,5-8,11H2,1H3/b4-3+. The number of rotatable bonds is 3. The highest BCUT2D eigenvalue weighted by molar-refractivity contribution is 9.10. The molecule has 0 aliphatic carbocycles. The largest absolute Gasteiger partial charge is 0.503 e. The van der Waals surface area contributed by atoms with E-state index in [0.717, 1.165) is 38.0 Å². The number of benzene rings is 1. The Balaban J connectivity index is 1.77. The van der Waals surface area contributed by atoms with Crippen molar-refractivity contribution in [1.82, 2.24) is 4.90 Å². The number of carbonyl (C=O) groups is 1. The van der Waals surface area contributed by atoms with Gasteiger partial charge in [0.15, 0.2) is 11.5 Å². The molecule has 0 radical (unpaired) electrons. The van der Waals surface area contributed by atoms with E-state index in [1.54, 1.807) is 24.3 Å². The van der Waals surface area contributed by atoms with E-state index in [-0.39, 0.29) is 17.2 Å². The lowest BCUT2D eigenvalue weighted by Crippen LogP contribution is -2.47. The minimum Gasteiger partial charge on any atom is -0.503 e. The Morgan fingerprint density at radius 1 is 1.48 bits per heavy atom. The molecule has 2 heterocycles. The van der Waals surface area contributed by atoms with E-state index in [0.29, 0.717) is 16.8 Å². The van der Waals surface area contributed by atoms with Gasteiger partial charge < -0.3 is 19.5 Å². The fourth-order valence-corrected chi connectivity index (χ4v) is 3.85. The number of aromatic hydroxyl groups is 1. The zero-order valence-electron chi connectivity index (χ0n) is 13.0.